The van der Waals surface area contributed by atoms with E-state index in [9.17, 15) is 13.5 Å². The van der Waals surface area contributed by atoms with Crippen LogP contribution in [0, 0.1) is 0 Å². The summed E-state index contributed by atoms with van der Waals surface area (Å²) in [6.45, 7) is 0.234. The van der Waals surface area contributed by atoms with Gasteiger partial charge in [0.15, 0.2) is 21.3 Å². The number of ether oxygens (including phenoxy) is 2. The number of aliphatic hydroxyl groups excluding tert-OH is 1. The molecule has 0 amide bonds. The van der Waals surface area contributed by atoms with E-state index < -0.39 is 15.9 Å². The van der Waals surface area contributed by atoms with Gasteiger partial charge in [-0.1, -0.05) is 0 Å². The molecule has 0 heterocycles. The molecule has 1 aromatic carbocycles. The summed E-state index contributed by atoms with van der Waals surface area (Å²) in [6, 6.07) is 2.85. The van der Waals surface area contributed by atoms with Crippen molar-refractivity contribution in [1.82, 2.24) is 5.32 Å². The van der Waals surface area contributed by atoms with Crippen molar-refractivity contribution in [3.05, 3.63) is 17.7 Å². The summed E-state index contributed by atoms with van der Waals surface area (Å²) in [6.07, 6.45) is 0.138. The van der Waals surface area contributed by atoms with Gasteiger partial charge in [0.2, 0.25) is 0 Å². The Balaban J connectivity index is 3.49. The molecule has 0 spiro atoms. The van der Waals surface area contributed by atoms with Crippen LogP contribution in [0.15, 0.2) is 17.0 Å². The number of methoxy groups -OCH3 is 2. The summed E-state index contributed by atoms with van der Waals surface area (Å²) in [7, 11) is 1.07. The highest BCUT2D eigenvalue weighted by Gasteiger charge is 2.22. The minimum absolute atomic E-state index is 0.0351. The lowest BCUT2D eigenvalue weighted by Crippen LogP contribution is -2.19. The number of rotatable bonds is 6. The number of hydrogen-bond donors (Lipinski definition) is 2. The van der Waals surface area contributed by atoms with Gasteiger partial charge < -0.3 is 19.9 Å². The molecule has 0 aliphatic rings. The second-order valence-corrected chi connectivity index (χ2v) is 6.07. The zero-order chi connectivity index (χ0) is 14.6. The van der Waals surface area contributed by atoms with E-state index in [1.165, 1.54) is 26.4 Å². The highest BCUT2D eigenvalue weighted by Crippen LogP contribution is 2.35. The molecule has 1 atom stereocenters. The third-order valence-corrected chi connectivity index (χ3v) is 3.82. The van der Waals surface area contributed by atoms with Crippen LogP contribution in [-0.2, 0) is 9.84 Å². The number of benzene rings is 1. The van der Waals surface area contributed by atoms with Gasteiger partial charge in [0, 0.05) is 24.4 Å². The third-order valence-electron chi connectivity index (χ3n) is 2.67. The minimum atomic E-state index is -3.48. The van der Waals surface area contributed by atoms with E-state index in [2.05, 4.69) is 5.32 Å². The number of likely N-dealkylation sites (N-methyl/N-ethyl adjacent to an activating group) is 1. The van der Waals surface area contributed by atoms with Gasteiger partial charge in [-0.25, -0.2) is 8.42 Å². The summed E-state index contributed by atoms with van der Waals surface area (Å²) in [5, 5.41) is 12.8. The lowest BCUT2D eigenvalue weighted by Gasteiger charge is -2.17. The Morgan fingerprint density at radius 1 is 1.26 bits per heavy atom. The molecule has 2 N–H and O–H groups in total. The Labute approximate surface area is 113 Å². The molecule has 6 nitrogen and oxygen atoms in total. The van der Waals surface area contributed by atoms with E-state index in [1.54, 1.807) is 7.05 Å². The lowest BCUT2D eigenvalue weighted by molar-refractivity contribution is 0.174. The molecule has 7 heteroatoms. The molecular weight excluding hydrogens is 270 g/mol. The molecule has 1 aromatic rings. The normalized spacial score (nSPS) is 13.1. The van der Waals surface area contributed by atoms with Crippen LogP contribution in [0.4, 0.5) is 0 Å². The van der Waals surface area contributed by atoms with Crippen LogP contribution < -0.4 is 14.8 Å². The lowest BCUT2D eigenvalue weighted by atomic mass is 10.1. The number of sulfone groups is 1. The molecule has 0 saturated carbocycles. The minimum Gasteiger partial charge on any atom is -0.493 e. The zero-order valence-electron chi connectivity index (χ0n) is 11.4. The number of nitrogens with one attached hydrogen (secondary N) is 1. The summed E-state index contributed by atoms with van der Waals surface area (Å²) >= 11 is 0. The highest BCUT2D eigenvalue weighted by atomic mass is 32.2. The number of hydrogen-bond acceptors (Lipinski definition) is 6. The Hall–Kier alpha value is -1.31. The van der Waals surface area contributed by atoms with E-state index in [1.807, 2.05) is 0 Å². The summed E-state index contributed by atoms with van der Waals surface area (Å²) < 4.78 is 33.8. The van der Waals surface area contributed by atoms with E-state index >= 15 is 0 Å². The predicted octanol–water partition coefficient (Wildman–Crippen LogP) is 0.360. The van der Waals surface area contributed by atoms with Crippen molar-refractivity contribution >= 4 is 9.84 Å². The van der Waals surface area contributed by atoms with Crippen LogP contribution in [0.1, 0.15) is 11.7 Å². The molecule has 0 radical (unpaired) electrons. The first-order valence-electron chi connectivity index (χ1n) is 5.63. The van der Waals surface area contributed by atoms with Crippen molar-refractivity contribution in [1.29, 1.82) is 0 Å². The van der Waals surface area contributed by atoms with Crippen LogP contribution in [0.5, 0.6) is 11.5 Å². The van der Waals surface area contributed by atoms with Gasteiger partial charge in [-0.3, -0.25) is 0 Å². The van der Waals surface area contributed by atoms with Gasteiger partial charge in [-0.15, -0.1) is 0 Å². The third kappa shape index (κ3) is 3.59. The van der Waals surface area contributed by atoms with E-state index in [4.69, 9.17) is 9.47 Å². The smallest absolute Gasteiger partial charge is 0.176 e. The summed E-state index contributed by atoms with van der Waals surface area (Å²) in [5.74, 6) is 0.684. The first-order chi connectivity index (χ1) is 8.85. The predicted molar refractivity (Wildman–Crippen MR) is 71.5 cm³/mol. The topological polar surface area (TPSA) is 84.9 Å². The fraction of sp³-hybridized carbons (Fsp3) is 0.500. The van der Waals surface area contributed by atoms with Gasteiger partial charge in [0.25, 0.3) is 0 Å². The van der Waals surface area contributed by atoms with Crippen LogP contribution in [0.3, 0.4) is 0 Å². The largest absolute Gasteiger partial charge is 0.493 e. The summed E-state index contributed by atoms with van der Waals surface area (Å²) in [4.78, 5) is 0.0351. The fourth-order valence-electron chi connectivity index (χ4n) is 1.76. The maximum absolute atomic E-state index is 11.8. The Morgan fingerprint density at radius 3 is 2.21 bits per heavy atom. The van der Waals surface area contributed by atoms with Crippen LogP contribution >= 0.6 is 0 Å². The van der Waals surface area contributed by atoms with Crippen LogP contribution in [0.2, 0.25) is 0 Å². The monoisotopic (exact) mass is 289 g/mol. The molecule has 0 bridgehead atoms. The average Bonchev–Trinajstić information content (AvgIpc) is 2.36. The SMILES string of the molecule is CNCC(O)c1cc(OC)c(OC)cc1S(C)(=O)=O. The second-order valence-electron chi connectivity index (χ2n) is 4.09. The maximum atomic E-state index is 11.8. The Morgan fingerprint density at radius 2 is 1.79 bits per heavy atom. The fourth-order valence-corrected chi connectivity index (χ4v) is 2.71. The van der Waals surface area contributed by atoms with Crippen molar-refractivity contribution in [3.63, 3.8) is 0 Å². The second kappa shape index (κ2) is 6.23. The Bertz CT molecular complexity index is 541. The molecule has 0 aliphatic heterocycles. The van der Waals surface area contributed by atoms with Gasteiger partial charge >= 0.3 is 0 Å². The van der Waals surface area contributed by atoms with Crippen molar-refractivity contribution in [3.8, 4) is 11.5 Å². The van der Waals surface area contributed by atoms with Gasteiger partial charge in [-0.05, 0) is 13.1 Å². The molecule has 0 aliphatic carbocycles. The van der Waals surface area contributed by atoms with Crippen molar-refractivity contribution < 1.29 is 23.0 Å². The quantitative estimate of drug-likeness (QED) is 0.786. The molecule has 19 heavy (non-hydrogen) atoms. The average molecular weight is 289 g/mol. The van der Waals surface area contributed by atoms with Crippen molar-refractivity contribution in [2.75, 3.05) is 34.1 Å². The highest BCUT2D eigenvalue weighted by molar-refractivity contribution is 7.90. The van der Waals surface area contributed by atoms with E-state index in [0.29, 0.717) is 11.5 Å². The van der Waals surface area contributed by atoms with Gasteiger partial charge in [0.1, 0.15) is 0 Å². The first-order valence-corrected chi connectivity index (χ1v) is 7.53. The van der Waals surface area contributed by atoms with E-state index in [-0.39, 0.29) is 17.0 Å². The Kier molecular flexibility index (Phi) is 5.16. The van der Waals surface area contributed by atoms with Gasteiger partial charge in [0.05, 0.1) is 25.2 Å². The molecule has 108 valence electrons. The molecule has 1 rings (SSSR count). The molecule has 0 fully saturated rings. The summed E-state index contributed by atoms with van der Waals surface area (Å²) in [5.41, 5.74) is 0.287. The first kappa shape index (κ1) is 15.7. The van der Waals surface area contributed by atoms with Crippen LogP contribution in [-0.4, -0.2) is 47.6 Å². The van der Waals surface area contributed by atoms with E-state index in [0.717, 1.165) is 6.26 Å². The standard InChI is InChI=1S/C12H19NO5S/c1-13-7-9(14)8-5-10(17-2)11(18-3)6-12(8)19(4,15)16/h5-6,9,13-14H,7H2,1-4H3. The molecular formula is C12H19NO5S. The number of aliphatic hydroxyl groups is 1. The molecule has 0 aromatic heterocycles. The van der Waals surface area contributed by atoms with Crippen LogP contribution in [0.25, 0.3) is 0 Å². The zero-order valence-corrected chi connectivity index (χ0v) is 12.2. The molecule has 1 unspecified atom stereocenters. The maximum Gasteiger partial charge on any atom is 0.176 e. The molecule has 0 saturated heterocycles. The van der Waals surface area contributed by atoms with Crippen molar-refractivity contribution in [2.24, 2.45) is 0 Å². The van der Waals surface area contributed by atoms with Gasteiger partial charge in [-0.2, -0.15) is 0 Å². The van der Waals surface area contributed by atoms with Crippen molar-refractivity contribution in [2.45, 2.75) is 11.0 Å².